The van der Waals surface area contributed by atoms with Crippen molar-refractivity contribution in [1.82, 2.24) is 10.6 Å². The first-order valence-corrected chi connectivity index (χ1v) is 10.1. The highest BCUT2D eigenvalue weighted by Gasteiger charge is 2.21. The third-order valence-corrected chi connectivity index (χ3v) is 4.73. The van der Waals surface area contributed by atoms with Crippen LogP contribution >= 0.6 is 0 Å². The molecule has 0 fully saturated rings. The van der Waals surface area contributed by atoms with Crippen LogP contribution < -0.4 is 21.1 Å². The summed E-state index contributed by atoms with van der Waals surface area (Å²) in [6.45, 7) is -0.391. The Morgan fingerprint density at radius 3 is 2.38 bits per heavy atom. The molecule has 9 nitrogen and oxygen atoms in total. The molecule has 9 heteroatoms. The van der Waals surface area contributed by atoms with E-state index in [1.54, 1.807) is 7.11 Å². The summed E-state index contributed by atoms with van der Waals surface area (Å²) in [6.07, 6.45) is 0.158. The third kappa shape index (κ3) is 8.10. The van der Waals surface area contributed by atoms with Gasteiger partial charge in [0.25, 0.3) is 0 Å². The molecule has 5 N–H and O–H groups in total. The van der Waals surface area contributed by atoms with E-state index in [0.29, 0.717) is 6.42 Å². The van der Waals surface area contributed by atoms with E-state index in [1.807, 2.05) is 48.5 Å². The molecule has 1 unspecified atom stereocenters. The summed E-state index contributed by atoms with van der Waals surface area (Å²) in [6, 6.07) is 14.4. The number of nitrogens with one attached hydrogen (secondary N) is 2. The van der Waals surface area contributed by atoms with Crippen molar-refractivity contribution >= 4 is 23.7 Å². The Morgan fingerprint density at radius 2 is 1.75 bits per heavy atom. The van der Waals surface area contributed by atoms with E-state index < -0.39 is 36.3 Å². The number of primary amides is 1. The molecule has 2 rings (SSSR count). The van der Waals surface area contributed by atoms with Gasteiger partial charge in [-0.15, -0.1) is 0 Å². The van der Waals surface area contributed by atoms with Crippen molar-refractivity contribution in [3.63, 3.8) is 0 Å². The average Bonchev–Trinajstić information content (AvgIpc) is 2.79. The number of rotatable bonds is 12. The highest BCUT2D eigenvalue weighted by Crippen LogP contribution is 2.24. The van der Waals surface area contributed by atoms with Gasteiger partial charge in [-0.2, -0.15) is 0 Å². The highest BCUT2D eigenvalue weighted by molar-refractivity contribution is 5.90. The molecule has 1 atom stereocenters. The molecule has 32 heavy (non-hydrogen) atoms. The minimum Gasteiger partial charge on any atom is -0.497 e. The molecule has 3 amide bonds. The number of amides is 3. The van der Waals surface area contributed by atoms with Gasteiger partial charge in [-0.3, -0.25) is 19.2 Å². The number of aryl methyl sites for hydroxylation is 1. The molecule has 0 spiro atoms. The fourth-order valence-corrected chi connectivity index (χ4v) is 3.02. The summed E-state index contributed by atoms with van der Waals surface area (Å²) >= 11 is 0. The predicted octanol–water partition coefficient (Wildman–Crippen LogP) is 1.25. The minimum absolute atomic E-state index is 0.0963. The minimum atomic E-state index is -1.09. The van der Waals surface area contributed by atoms with Crippen LogP contribution in [0.4, 0.5) is 0 Å². The van der Waals surface area contributed by atoms with Crippen LogP contribution in [0.15, 0.2) is 48.5 Å². The van der Waals surface area contributed by atoms with Crippen LogP contribution in [0.5, 0.6) is 5.75 Å². The molecule has 2 aromatic carbocycles. The van der Waals surface area contributed by atoms with Gasteiger partial charge in [0.1, 0.15) is 11.8 Å². The van der Waals surface area contributed by atoms with Crippen molar-refractivity contribution < 1.29 is 29.0 Å². The van der Waals surface area contributed by atoms with Gasteiger partial charge in [0, 0.05) is 12.8 Å². The van der Waals surface area contributed by atoms with E-state index >= 15 is 0 Å². The lowest BCUT2D eigenvalue weighted by Crippen LogP contribution is -2.48. The van der Waals surface area contributed by atoms with E-state index in [2.05, 4.69) is 10.6 Å². The van der Waals surface area contributed by atoms with Crippen LogP contribution in [0.2, 0.25) is 0 Å². The Kier molecular flexibility index (Phi) is 9.22. The summed E-state index contributed by atoms with van der Waals surface area (Å²) in [5.41, 5.74) is 7.96. The maximum absolute atomic E-state index is 12.3. The monoisotopic (exact) mass is 441 g/mol. The second-order valence-corrected chi connectivity index (χ2v) is 7.17. The van der Waals surface area contributed by atoms with Crippen LogP contribution in [-0.4, -0.2) is 48.5 Å². The van der Waals surface area contributed by atoms with Crippen LogP contribution in [0.1, 0.15) is 24.8 Å². The van der Waals surface area contributed by atoms with E-state index in [0.717, 1.165) is 22.4 Å². The van der Waals surface area contributed by atoms with Gasteiger partial charge >= 0.3 is 5.97 Å². The number of carboxylic acid groups (broad SMARTS) is 1. The first-order valence-electron chi connectivity index (χ1n) is 10.1. The number of benzene rings is 2. The zero-order valence-electron chi connectivity index (χ0n) is 17.8. The Balaban J connectivity index is 1.93. The summed E-state index contributed by atoms with van der Waals surface area (Å²) in [4.78, 5) is 46.2. The van der Waals surface area contributed by atoms with E-state index in [-0.39, 0.29) is 19.3 Å². The molecule has 0 aliphatic rings. The molecule has 2 aromatic rings. The molecule has 0 bridgehead atoms. The van der Waals surface area contributed by atoms with Gasteiger partial charge in [-0.25, -0.2) is 0 Å². The first-order chi connectivity index (χ1) is 15.3. The summed E-state index contributed by atoms with van der Waals surface area (Å²) < 4.78 is 5.24. The molecule has 0 aliphatic heterocycles. The molecule has 0 saturated carbocycles. The second-order valence-electron chi connectivity index (χ2n) is 7.17. The standard InChI is InChI=1S/C23H27N3O6/c1-32-18-4-2-3-17(13-18)16-8-5-15(6-9-16)7-11-21(28)26-19(10-12-22(29)30)23(31)25-14-20(24)27/h2-6,8-9,13,19H,7,10-12,14H2,1H3,(H2,24,27)(H,25,31)(H,26,28)(H,29,30). The maximum atomic E-state index is 12.3. The number of carbonyl (C=O) groups excluding carboxylic acids is 3. The largest absolute Gasteiger partial charge is 0.497 e. The van der Waals surface area contributed by atoms with Crippen molar-refractivity contribution in [2.45, 2.75) is 31.7 Å². The van der Waals surface area contributed by atoms with Crippen LogP contribution in [0.25, 0.3) is 11.1 Å². The lowest BCUT2D eigenvalue weighted by Gasteiger charge is -2.17. The molecule has 0 aromatic heterocycles. The van der Waals surface area contributed by atoms with Gasteiger partial charge in [0.15, 0.2) is 0 Å². The Morgan fingerprint density at radius 1 is 1.03 bits per heavy atom. The molecule has 0 aliphatic carbocycles. The van der Waals surface area contributed by atoms with E-state index in [9.17, 15) is 19.2 Å². The number of nitrogens with two attached hydrogens (primary N) is 1. The molecule has 0 heterocycles. The van der Waals surface area contributed by atoms with Gasteiger partial charge in [0.2, 0.25) is 17.7 Å². The normalized spacial score (nSPS) is 11.3. The van der Waals surface area contributed by atoms with Crippen molar-refractivity contribution in [2.24, 2.45) is 5.73 Å². The Hall–Kier alpha value is -3.88. The Bertz CT molecular complexity index is 958. The van der Waals surface area contributed by atoms with Gasteiger partial charge < -0.3 is 26.2 Å². The number of carboxylic acids is 1. The number of ether oxygens (including phenoxy) is 1. The summed E-state index contributed by atoms with van der Waals surface area (Å²) in [5, 5.41) is 13.7. The highest BCUT2D eigenvalue weighted by atomic mass is 16.5. The quantitative estimate of drug-likeness (QED) is 0.390. The number of hydrogen-bond donors (Lipinski definition) is 4. The van der Waals surface area contributed by atoms with Crippen LogP contribution in [-0.2, 0) is 25.6 Å². The van der Waals surface area contributed by atoms with E-state index in [4.69, 9.17) is 15.6 Å². The predicted molar refractivity (Wildman–Crippen MR) is 118 cm³/mol. The van der Waals surface area contributed by atoms with Crippen LogP contribution in [0, 0.1) is 0 Å². The third-order valence-electron chi connectivity index (χ3n) is 4.73. The molecule has 0 saturated heterocycles. The second kappa shape index (κ2) is 12.1. The molecular weight excluding hydrogens is 414 g/mol. The van der Waals surface area contributed by atoms with Crippen LogP contribution in [0.3, 0.4) is 0 Å². The van der Waals surface area contributed by atoms with Crippen molar-refractivity contribution in [1.29, 1.82) is 0 Å². The number of aliphatic carboxylic acids is 1. The topological polar surface area (TPSA) is 148 Å². The fourth-order valence-electron chi connectivity index (χ4n) is 3.02. The average molecular weight is 441 g/mol. The Labute approximate surface area is 185 Å². The maximum Gasteiger partial charge on any atom is 0.303 e. The van der Waals surface area contributed by atoms with Crippen molar-refractivity contribution in [2.75, 3.05) is 13.7 Å². The number of hydrogen-bond acceptors (Lipinski definition) is 5. The lowest BCUT2D eigenvalue weighted by molar-refractivity contribution is -0.138. The summed E-state index contributed by atoms with van der Waals surface area (Å²) in [5.74, 6) is -2.12. The smallest absolute Gasteiger partial charge is 0.303 e. The van der Waals surface area contributed by atoms with Gasteiger partial charge in [-0.05, 0) is 41.7 Å². The number of methoxy groups -OCH3 is 1. The van der Waals surface area contributed by atoms with Crippen molar-refractivity contribution in [3.05, 3.63) is 54.1 Å². The SMILES string of the molecule is COc1cccc(-c2ccc(CCC(=O)NC(CCC(=O)O)C(=O)NCC(N)=O)cc2)c1. The number of carbonyl (C=O) groups is 4. The van der Waals surface area contributed by atoms with Gasteiger partial charge in [0.05, 0.1) is 13.7 Å². The first kappa shape index (κ1) is 24.4. The van der Waals surface area contributed by atoms with E-state index in [1.165, 1.54) is 0 Å². The lowest BCUT2D eigenvalue weighted by atomic mass is 10.0. The molecule has 0 radical (unpaired) electrons. The molecular formula is C23H27N3O6. The zero-order chi connectivity index (χ0) is 23.5. The van der Waals surface area contributed by atoms with Crippen molar-refractivity contribution in [3.8, 4) is 16.9 Å². The van der Waals surface area contributed by atoms with Gasteiger partial charge in [-0.1, -0.05) is 36.4 Å². The molecule has 170 valence electrons. The summed E-state index contributed by atoms with van der Waals surface area (Å²) in [7, 11) is 1.61. The fraction of sp³-hybridized carbons (Fsp3) is 0.304. The zero-order valence-corrected chi connectivity index (χ0v) is 17.8.